The molecule has 4 aromatic rings. The van der Waals surface area contributed by atoms with Crippen molar-refractivity contribution in [2.24, 2.45) is 0 Å². The fourth-order valence-electron chi connectivity index (χ4n) is 2.70. The first kappa shape index (κ1) is 16.0. The number of fused-ring (bicyclic) bond motifs is 1. The number of benzene rings is 2. The fourth-order valence-corrected chi connectivity index (χ4v) is 2.70. The summed E-state index contributed by atoms with van der Waals surface area (Å²) < 4.78 is 1.90. The van der Waals surface area contributed by atoms with E-state index in [4.69, 9.17) is 0 Å². The second-order valence-corrected chi connectivity index (χ2v) is 6.07. The Bertz CT molecular complexity index is 1090. The van der Waals surface area contributed by atoms with E-state index in [1.807, 2.05) is 54.9 Å². The van der Waals surface area contributed by atoms with Gasteiger partial charge in [0.15, 0.2) is 0 Å². The Labute approximate surface area is 150 Å². The van der Waals surface area contributed by atoms with E-state index in [9.17, 15) is 4.79 Å². The van der Waals surface area contributed by atoms with Gasteiger partial charge in [-0.15, -0.1) is 0 Å². The van der Waals surface area contributed by atoms with Gasteiger partial charge in [0.1, 0.15) is 0 Å². The van der Waals surface area contributed by atoms with Crippen molar-refractivity contribution in [1.82, 2.24) is 19.5 Å². The Balaban J connectivity index is 1.56. The van der Waals surface area contributed by atoms with E-state index in [1.165, 1.54) is 0 Å². The number of hydrogen-bond donors (Lipinski definition) is 1. The van der Waals surface area contributed by atoms with Gasteiger partial charge in [-0.2, -0.15) is 0 Å². The molecular formula is C20H17N5O. The molecule has 0 aliphatic heterocycles. The number of nitrogens with one attached hydrogen (secondary N) is 1. The van der Waals surface area contributed by atoms with Crippen LogP contribution in [0, 0.1) is 13.8 Å². The minimum Gasteiger partial charge on any atom is -0.322 e. The molecular weight excluding hydrogens is 326 g/mol. The largest absolute Gasteiger partial charge is 0.322 e. The number of aryl methyl sites for hydroxylation is 2. The highest BCUT2D eigenvalue weighted by molar-refractivity contribution is 6.05. The van der Waals surface area contributed by atoms with Crippen LogP contribution in [0.1, 0.15) is 21.7 Å². The van der Waals surface area contributed by atoms with Gasteiger partial charge in [0.05, 0.1) is 28.7 Å². The molecule has 0 fully saturated rings. The first-order chi connectivity index (χ1) is 12.6. The molecule has 0 unspecified atom stereocenters. The smallest absolute Gasteiger partial charge is 0.255 e. The second-order valence-electron chi connectivity index (χ2n) is 6.07. The van der Waals surface area contributed by atoms with Gasteiger partial charge in [0, 0.05) is 29.3 Å². The molecule has 0 spiro atoms. The zero-order valence-corrected chi connectivity index (χ0v) is 14.5. The van der Waals surface area contributed by atoms with Crippen LogP contribution in [0.3, 0.4) is 0 Å². The molecule has 1 N–H and O–H groups in total. The number of carbonyl (C=O) groups is 1. The van der Waals surface area contributed by atoms with Gasteiger partial charge in [0.25, 0.3) is 5.91 Å². The molecule has 0 atom stereocenters. The minimum atomic E-state index is -0.178. The Kier molecular flexibility index (Phi) is 3.93. The van der Waals surface area contributed by atoms with Crippen LogP contribution in [0.15, 0.2) is 61.2 Å². The minimum absolute atomic E-state index is 0.178. The Morgan fingerprint density at radius 2 is 1.69 bits per heavy atom. The van der Waals surface area contributed by atoms with Crippen molar-refractivity contribution in [3.63, 3.8) is 0 Å². The summed E-state index contributed by atoms with van der Waals surface area (Å²) in [7, 11) is 0. The molecule has 6 heteroatoms. The summed E-state index contributed by atoms with van der Waals surface area (Å²) in [4.78, 5) is 25.6. The summed E-state index contributed by atoms with van der Waals surface area (Å²) in [6.45, 7) is 3.84. The summed E-state index contributed by atoms with van der Waals surface area (Å²) >= 11 is 0. The van der Waals surface area contributed by atoms with Crippen molar-refractivity contribution in [1.29, 1.82) is 0 Å². The molecule has 0 saturated heterocycles. The first-order valence-electron chi connectivity index (χ1n) is 8.25. The predicted octanol–water partition coefficient (Wildman–Crippen LogP) is 3.68. The van der Waals surface area contributed by atoms with E-state index >= 15 is 0 Å². The van der Waals surface area contributed by atoms with Gasteiger partial charge < -0.3 is 9.88 Å². The number of hydrogen-bond acceptors (Lipinski definition) is 4. The second kappa shape index (κ2) is 6.40. The standard InChI is InChI=1S/C20H17N5O/c1-13-14(2)23-19-11-15(3-8-18(19)22-13)20(26)24-16-4-6-17(7-5-16)25-10-9-21-12-25/h3-12H,1-2H3,(H,24,26). The van der Waals surface area contributed by atoms with E-state index in [1.54, 1.807) is 24.7 Å². The lowest BCUT2D eigenvalue weighted by Gasteiger charge is -2.08. The van der Waals surface area contributed by atoms with Crippen LogP contribution in [0.25, 0.3) is 16.7 Å². The first-order valence-corrected chi connectivity index (χ1v) is 8.25. The zero-order valence-electron chi connectivity index (χ0n) is 14.5. The van der Waals surface area contributed by atoms with Crippen molar-refractivity contribution in [2.45, 2.75) is 13.8 Å². The van der Waals surface area contributed by atoms with E-state index in [0.717, 1.165) is 33.8 Å². The van der Waals surface area contributed by atoms with Crippen LogP contribution in [0.4, 0.5) is 5.69 Å². The molecule has 4 rings (SSSR count). The normalized spacial score (nSPS) is 10.8. The molecule has 0 bridgehead atoms. The van der Waals surface area contributed by atoms with E-state index < -0.39 is 0 Å². The van der Waals surface area contributed by atoms with Crippen LogP contribution in [0.5, 0.6) is 0 Å². The summed E-state index contributed by atoms with van der Waals surface area (Å²) in [6.07, 6.45) is 5.32. The van der Waals surface area contributed by atoms with Gasteiger partial charge in [-0.25, -0.2) is 15.0 Å². The Morgan fingerprint density at radius 1 is 0.962 bits per heavy atom. The highest BCUT2D eigenvalue weighted by atomic mass is 16.1. The molecule has 128 valence electrons. The van der Waals surface area contributed by atoms with Crippen molar-refractivity contribution in [2.75, 3.05) is 5.32 Å². The van der Waals surface area contributed by atoms with E-state index in [0.29, 0.717) is 5.56 Å². The molecule has 0 aliphatic carbocycles. The van der Waals surface area contributed by atoms with Crippen molar-refractivity contribution >= 4 is 22.6 Å². The molecule has 0 saturated carbocycles. The molecule has 2 heterocycles. The number of rotatable bonds is 3. The van der Waals surface area contributed by atoms with Gasteiger partial charge in [-0.3, -0.25) is 4.79 Å². The SMILES string of the molecule is Cc1nc2ccc(C(=O)Nc3ccc(-n4ccnc4)cc3)cc2nc1C. The van der Waals surface area contributed by atoms with Crippen LogP contribution >= 0.6 is 0 Å². The van der Waals surface area contributed by atoms with Gasteiger partial charge in [0.2, 0.25) is 0 Å². The lowest BCUT2D eigenvalue weighted by molar-refractivity contribution is 0.102. The maximum atomic E-state index is 12.5. The highest BCUT2D eigenvalue weighted by Gasteiger charge is 2.09. The average Bonchev–Trinajstić information content (AvgIpc) is 3.17. The predicted molar refractivity (Wildman–Crippen MR) is 101 cm³/mol. The maximum absolute atomic E-state index is 12.5. The third-order valence-electron chi connectivity index (χ3n) is 4.27. The number of imidazole rings is 1. The van der Waals surface area contributed by atoms with Gasteiger partial charge in [-0.1, -0.05) is 0 Å². The molecule has 2 aromatic carbocycles. The summed E-state index contributed by atoms with van der Waals surface area (Å²) in [5, 5.41) is 2.91. The highest BCUT2D eigenvalue weighted by Crippen LogP contribution is 2.17. The number of aromatic nitrogens is 4. The maximum Gasteiger partial charge on any atom is 0.255 e. The third-order valence-corrected chi connectivity index (χ3v) is 4.27. The zero-order chi connectivity index (χ0) is 18.1. The molecule has 0 radical (unpaired) electrons. The summed E-state index contributed by atoms with van der Waals surface area (Å²) in [5.74, 6) is -0.178. The lowest BCUT2D eigenvalue weighted by atomic mass is 10.1. The lowest BCUT2D eigenvalue weighted by Crippen LogP contribution is -2.12. The van der Waals surface area contributed by atoms with Gasteiger partial charge >= 0.3 is 0 Å². The fraction of sp³-hybridized carbons (Fsp3) is 0.100. The van der Waals surface area contributed by atoms with Crippen molar-refractivity contribution < 1.29 is 4.79 Å². The average molecular weight is 343 g/mol. The summed E-state index contributed by atoms with van der Waals surface area (Å²) in [5.41, 5.74) is 5.52. The van der Waals surface area contributed by atoms with Gasteiger partial charge in [-0.05, 0) is 56.3 Å². The topological polar surface area (TPSA) is 72.7 Å². The molecule has 6 nitrogen and oxygen atoms in total. The molecule has 0 aliphatic rings. The third kappa shape index (κ3) is 3.04. The van der Waals surface area contributed by atoms with Crippen LogP contribution < -0.4 is 5.32 Å². The van der Waals surface area contributed by atoms with E-state index in [-0.39, 0.29) is 5.91 Å². The van der Waals surface area contributed by atoms with E-state index in [2.05, 4.69) is 20.3 Å². The van der Waals surface area contributed by atoms with Crippen LogP contribution in [-0.4, -0.2) is 25.4 Å². The van der Waals surface area contributed by atoms with Crippen molar-refractivity contribution in [3.8, 4) is 5.69 Å². The van der Waals surface area contributed by atoms with Crippen LogP contribution in [-0.2, 0) is 0 Å². The van der Waals surface area contributed by atoms with Crippen LogP contribution in [0.2, 0.25) is 0 Å². The van der Waals surface area contributed by atoms with Crippen molar-refractivity contribution in [3.05, 3.63) is 78.1 Å². The number of anilines is 1. The Morgan fingerprint density at radius 3 is 2.38 bits per heavy atom. The summed E-state index contributed by atoms with van der Waals surface area (Å²) in [6, 6.07) is 12.9. The molecule has 2 aromatic heterocycles. The number of amides is 1. The molecule has 26 heavy (non-hydrogen) atoms. The monoisotopic (exact) mass is 343 g/mol. The number of carbonyl (C=O) groups excluding carboxylic acids is 1. The number of nitrogens with zero attached hydrogens (tertiary/aromatic N) is 4. The molecule has 1 amide bonds. The Hall–Kier alpha value is -3.54. The quantitative estimate of drug-likeness (QED) is 0.616.